The van der Waals surface area contributed by atoms with Crippen molar-refractivity contribution >= 4 is 29.1 Å². The quantitative estimate of drug-likeness (QED) is 0.425. The number of nitriles is 2. The Morgan fingerprint density at radius 1 is 1.29 bits per heavy atom. The Balaban J connectivity index is 1.71. The molecule has 0 spiro atoms. The summed E-state index contributed by atoms with van der Waals surface area (Å²) in [6.07, 6.45) is 6.40. The molecule has 0 bridgehead atoms. The summed E-state index contributed by atoms with van der Waals surface area (Å²) in [6.45, 7) is 1.92. The van der Waals surface area contributed by atoms with Gasteiger partial charge in [-0.25, -0.2) is 9.78 Å². The first-order valence-corrected chi connectivity index (χ1v) is 13.5. The van der Waals surface area contributed by atoms with Gasteiger partial charge in [-0.05, 0) is 55.7 Å². The molecule has 9 heteroatoms. The number of esters is 1. The monoisotopic (exact) mass is 506 g/mol. The molecule has 1 aliphatic carbocycles. The molecular weight excluding hydrogens is 480 g/mol. The number of nitrogens with two attached hydrogens (primary N) is 1. The van der Waals surface area contributed by atoms with Crippen molar-refractivity contribution in [2.45, 2.75) is 56.4 Å². The standard InChI is InChI=1S/C26H26N4O3S2/c1-2-32-26(31)23-20(33-24(29)18(14-28)22(23)21-10-7-11-34-21)15-35-25-17(13-27)12-16-8-5-3-4-6-9-19(16)30-25/h7,10-12,22H,2-6,8-9,15,29H2,1H3/t22-/m0/s1. The molecule has 1 atom stereocenters. The zero-order valence-corrected chi connectivity index (χ0v) is 21.1. The number of aromatic nitrogens is 1. The van der Waals surface area contributed by atoms with Crippen molar-refractivity contribution in [2.24, 2.45) is 5.73 Å². The van der Waals surface area contributed by atoms with Crippen LogP contribution in [0.3, 0.4) is 0 Å². The van der Waals surface area contributed by atoms with Gasteiger partial charge in [0.25, 0.3) is 0 Å². The van der Waals surface area contributed by atoms with E-state index >= 15 is 0 Å². The molecule has 35 heavy (non-hydrogen) atoms. The Morgan fingerprint density at radius 2 is 2.09 bits per heavy atom. The molecule has 0 unspecified atom stereocenters. The van der Waals surface area contributed by atoms with E-state index in [1.807, 2.05) is 23.6 Å². The van der Waals surface area contributed by atoms with Gasteiger partial charge in [0.1, 0.15) is 28.5 Å². The molecule has 7 nitrogen and oxygen atoms in total. The van der Waals surface area contributed by atoms with Crippen LogP contribution in [-0.4, -0.2) is 23.3 Å². The van der Waals surface area contributed by atoms with Gasteiger partial charge in [-0.3, -0.25) is 0 Å². The van der Waals surface area contributed by atoms with Crippen LogP contribution < -0.4 is 5.73 Å². The number of thiophene rings is 1. The fraction of sp³-hybridized carbons (Fsp3) is 0.385. The zero-order chi connectivity index (χ0) is 24.8. The highest BCUT2D eigenvalue weighted by Crippen LogP contribution is 2.42. The van der Waals surface area contributed by atoms with Gasteiger partial charge in [0.05, 0.1) is 29.4 Å². The predicted molar refractivity (Wildman–Crippen MR) is 134 cm³/mol. The van der Waals surface area contributed by atoms with Crippen LogP contribution in [0.2, 0.25) is 0 Å². The number of ether oxygens (including phenoxy) is 2. The third kappa shape index (κ3) is 5.37. The van der Waals surface area contributed by atoms with E-state index in [0.717, 1.165) is 41.8 Å². The van der Waals surface area contributed by atoms with Gasteiger partial charge in [-0.2, -0.15) is 10.5 Å². The first-order chi connectivity index (χ1) is 17.1. The van der Waals surface area contributed by atoms with Gasteiger partial charge in [0.15, 0.2) is 0 Å². The SMILES string of the molecule is CCOC(=O)C1=C(CSc2nc3c(cc2C#N)CCCCCC3)OC(N)=C(C#N)[C@H]1c1cccs1. The van der Waals surface area contributed by atoms with Crippen molar-refractivity contribution in [2.75, 3.05) is 12.4 Å². The van der Waals surface area contributed by atoms with E-state index in [0.29, 0.717) is 16.3 Å². The van der Waals surface area contributed by atoms with Crippen molar-refractivity contribution in [1.29, 1.82) is 10.5 Å². The van der Waals surface area contributed by atoms with Crippen LogP contribution in [0.4, 0.5) is 0 Å². The maximum atomic E-state index is 13.1. The zero-order valence-electron chi connectivity index (χ0n) is 19.5. The van der Waals surface area contributed by atoms with Crippen molar-refractivity contribution < 1.29 is 14.3 Å². The molecule has 2 aromatic rings. The van der Waals surface area contributed by atoms with Gasteiger partial charge in [-0.15, -0.1) is 11.3 Å². The molecule has 0 amide bonds. The highest BCUT2D eigenvalue weighted by molar-refractivity contribution is 7.99. The highest BCUT2D eigenvalue weighted by atomic mass is 32.2. The van der Waals surface area contributed by atoms with Gasteiger partial charge >= 0.3 is 5.97 Å². The molecule has 2 N–H and O–H groups in total. The third-order valence-electron chi connectivity index (χ3n) is 6.05. The Bertz CT molecular complexity index is 1250. The number of carbonyl (C=O) groups is 1. The van der Waals surface area contributed by atoms with Crippen LogP contribution in [0.25, 0.3) is 0 Å². The van der Waals surface area contributed by atoms with Gasteiger partial charge in [0.2, 0.25) is 5.88 Å². The number of allylic oxidation sites excluding steroid dienone is 1. The number of hydrogen-bond acceptors (Lipinski definition) is 9. The normalized spacial score (nSPS) is 18.0. The number of aryl methyl sites for hydroxylation is 2. The molecule has 0 aromatic carbocycles. The van der Waals surface area contributed by atoms with E-state index in [1.54, 1.807) is 6.92 Å². The van der Waals surface area contributed by atoms with E-state index in [-0.39, 0.29) is 29.4 Å². The molecule has 0 saturated carbocycles. The summed E-state index contributed by atoms with van der Waals surface area (Å²) in [6, 6.07) is 10.1. The van der Waals surface area contributed by atoms with Crippen LogP contribution in [0.5, 0.6) is 0 Å². The molecule has 0 radical (unpaired) electrons. The smallest absolute Gasteiger partial charge is 0.338 e. The van der Waals surface area contributed by atoms with Crippen LogP contribution in [0.1, 0.15) is 60.2 Å². The first kappa shape index (κ1) is 24.8. The summed E-state index contributed by atoms with van der Waals surface area (Å²) in [5, 5.41) is 22.1. The van der Waals surface area contributed by atoms with Gasteiger partial charge in [-0.1, -0.05) is 30.7 Å². The van der Waals surface area contributed by atoms with E-state index in [1.165, 1.54) is 35.9 Å². The highest BCUT2D eigenvalue weighted by Gasteiger charge is 2.38. The Kier molecular flexibility index (Phi) is 8.12. The third-order valence-corrected chi connectivity index (χ3v) is 7.97. The van der Waals surface area contributed by atoms with Gasteiger partial charge in [0, 0.05) is 10.6 Å². The first-order valence-electron chi connectivity index (χ1n) is 11.6. The largest absolute Gasteiger partial charge is 0.463 e. The number of hydrogen-bond donors (Lipinski definition) is 1. The van der Waals surface area contributed by atoms with Crippen molar-refractivity contribution in [3.63, 3.8) is 0 Å². The molecular formula is C26H26N4O3S2. The number of nitrogens with zero attached hydrogens (tertiary/aromatic N) is 3. The number of pyridine rings is 1. The number of carbonyl (C=O) groups excluding carboxylic acids is 1. The van der Waals surface area contributed by atoms with E-state index in [9.17, 15) is 15.3 Å². The summed E-state index contributed by atoms with van der Waals surface area (Å²) < 4.78 is 11.2. The molecule has 4 rings (SSSR count). The number of thioether (sulfide) groups is 1. The summed E-state index contributed by atoms with van der Waals surface area (Å²) in [4.78, 5) is 18.7. The average molecular weight is 507 g/mol. The van der Waals surface area contributed by atoms with E-state index in [4.69, 9.17) is 20.2 Å². The Hall–Kier alpha value is -3.27. The second kappa shape index (κ2) is 11.4. The van der Waals surface area contributed by atoms with Crippen molar-refractivity contribution in [1.82, 2.24) is 4.98 Å². The molecule has 0 fully saturated rings. The lowest BCUT2D eigenvalue weighted by Crippen LogP contribution is -2.26. The molecule has 2 aliphatic rings. The van der Waals surface area contributed by atoms with Crippen LogP contribution >= 0.6 is 23.1 Å². The summed E-state index contributed by atoms with van der Waals surface area (Å²) in [5.74, 6) is -0.700. The van der Waals surface area contributed by atoms with E-state index in [2.05, 4.69) is 12.1 Å². The van der Waals surface area contributed by atoms with Gasteiger partial charge < -0.3 is 15.2 Å². The minimum absolute atomic E-state index is 0.0267. The lowest BCUT2D eigenvalue weighted by molar-refractivity contribution is -0.139. The fourth-order valence-corrected chi connectivity index (χ4v) is 6.15. The molecule has 2 aromatic heterocycles. The minimum Gasteiger partial charge on any atom is -0.463 e. The summed E-state index contributed by atoms with van der Waals surface area (Å²) in [7, 11) is 0. The molecule has 180 valence electrons. The topological polar surface area (TPSA) is 122 Å². The maximum Gasteiger partial charge on any atom is 0.338 e. The lowest BCUT2D eigenvalue weighted by atomic mass is 9.87. The summed E-state index contributed by atoms with van der Waals surface area (Å²) in [5.41, 5.74) is 9.28. The van der Waals surface area contributed by atoms with E-state index < -0.39 is 11.9 Å². The Morgan fingerprint density at radius 3 is 2.77 bits per heavy atom. The fourth-order valence-electron chi connectivity index (χ4n) is 4.39. The maximum absolute atomic E-state index is 13.1. The molecule has 3 heterocycles. The molecule has 1 aliphatic heterocycles. The van der Waals surface area contributed by atoms with Crippen LogP contribution in [0, 0.1) is 22.7 Å². The molecule has 0 saturated heterocycles. The number of rotatable bonds is 6. The average Bonchev–Trinajstić information content (AvgIpc) is 3.37. The second-order valence-electron chi connectivity index (χ2n) is 8.26. The Labute approximate surface area is 213 Å². The van der Waals surface area contributed by atoms with Crippen molar-refractivity contribution in [3.05, 3.63) is 68.1 Å². The predicted octanol–water partition coefficient (Wildman–Crippen LogP) is 5.09. The summed E-state index contributed by atoms with van der Waals surface area (Å²) >= 11 is 2.76. The van der Waals surface area contributed by atoms with Crippen LogP contribution in [-0.2, 0) is 27.1 Å². The van der Waals surface area contributed by atoms with Crippen LogP contribution in [0.15, 0.2) is 51.4 Å². The minimum atomic E-state index is -0.664. The second-order valence-corrected chi connectivity index (χ2v) is 10.2. The lowest BCUT2D eigenvalue weighted by Gasteiger charge is -2.27. The number of fused-ring (bicyclic) bond motifs is 1. The van der Waals surface area contributed by atoms with Crippen molar-refractivity contribution in [3.8, 4) is 12.1 Å².